The standard InChI is InChI=1S/C30H29ClF3N5O3S2/c1-19-4-3-15-39(19,44(41,42)28-10-9-26(31)43-28)29(40)36-18-21-16-25(23-5-7-24(8-6-23)30(32,33)34)38-27(17-21)37-20(2)22-11-13-35-14-12-22/h5-14,16-17,19-20H,3-4,15,18H2,1-2H3,(H-,36,37,38,40)/p+1/t19-,20?,39?/m1/s1. The molecule has 1 aliphatic rings. The van der Waals surface area contributed by atoms with E-state index in [4.69, 9.17) is 11.6 Å². The summed E-state index contributed by atoms with van der Waals surface area (Å²) < 4.78 is 66.8. The molecule has 0 spiro atoms. The van der Waals surface area contributed by atoms with E-state index in [1.165, 1.54) is 24.3 Å². The van der Waals surface area contributed by atoms with Crippen LogP contribution < -0.4 is 10.6 Å². The molecule has 1 fully saturated rings. The van der Waals surface area contributed by atoms with Crippen LogP contribution in [-0.4, -0.2) is 40.9 Å². The van der Waals surface area contributed by atoms with Crippen LogP contribution in [0.15, 0.2) is 77.3 Å². The molecule has 2 amide bonds. The minimum absolute atomic E-state index is 0.0245. The number of rotatable bonds is 8. The number of amides is 2. The lowest BCUT2D eigenvalue weighted by atomic mass is 10.1. The van der Waals surface area contributed by atoms with Gasteiger partial charge in [0.1, 0.15) is 18.4 Å². The third-order valence-electron chi connectivity index (χ3n) is 7.81. The number of anilines is 1. The van der Waals surface area contributed by atoms with Gasteiger partial charge in [-0.05, 0) is 73.5 Å². The van der Waals surface area contributed by atoms with E-state index in [1.807, 2.05) is 19.1 Å². The summed E-state index contributed by atoms with van der Waals surface area (Å²) in [5.41, 5.74) is 1.56. The summed E-state index contributed by atoms with van der Waals surface area (Å²) in [6.07, 6.45) is -0.0416. The first-order valence-corrected chi connectivity index (χ1v) is 16.5. The number of sulfonamides is 1. The van der Waals surface area contributed by atoms with Crippen LogP contribution in [0.5, 0.6) is 0 Å². The average Bonchev–Trinajstić information content (AvgIpc) is 3.62. The van der Waals surface area contributed by atoms with Crippen molar-refractivity contribution in [2.24, 2.45) is 0 Å². The fourth-order valence-electron chi connectivity index (χ4n) is 5.43. The summed E-state index contributed by atoms with van der Waals surface area (Å²) in [4.78, 5) is 22.5. The number of benzene rings is 1. The summed E-state index contributed by atoms with van der Waals surface area (Å²) in [5, 5.41) is 6.14. The molecule has 4 aromatic rings. The Kier molecular flexibility index (Phi) is 9.04. The molecule has 14 heteroatoms. The molecule has 2 N–H and O–H groups in total. The quantitative estimate of drug-likeness (QED) is 0.188. The molecular formula is C30H30ClF3N5O3S2+. The second-order valence-electron chi connectivity index (χ2n) is 10.7. The fraction of sp³-hybridized carbons (Fsp3) is 0.300. The van der Waals surface area contributed by atoms with E-state index in [-0.39, 0.29) is 23.3 Å². The number of nitrogens with one attached hydrogen (secondary N) is 2. The van der Waals surface area contributed by atoms with Gasteiger partial charge in [0.25, 0.3) is 0 Å². The maximum atomic E-state index is 13.8. The van der Waals surface area contributed by atoms with Crippen molar-refractivity contribution in [2.75, 3.05) is 11.9 Å². The van der Waals surface area contributed by atoms with Gasteiger partial charge in [0.05, 0.1) is 21.6 Å². The number of quaternary nitrogens is 1. The number of pyridine rings is 2. The zero-order valence-electron chi connectivity index (χ0n) is 23.8. The first-order chi connectivity index (χ1) is 20.8. The monoisotopic (exact) mass is 664 g/mol. The smallest absolute Gasteiger partial charge is 0.364 e. The zero-order valence-corrected chi connectivity index (χ0v) is 26.2. The van der Waals surface area contributed by atoms with Gasteiger partial charge in [-0.15, -0.1) is 15.2 Å². The Morgan fingerprint density at radius 1 is 1.11 bits per heavy atom. The second-order valence-corrected chi connectivity index (χ2v) is 14.7. The number of thiophene rings is 1. The number of likely N-dealkylation sites (tertiary alicyclic amines) is 1. The van der Waals surface area contributed by atoms with Crippen molar-refractivity contribution in [3.8, 4) is 11.3 Å². The van der Waals surface area contributed by atoms with Crippen LogP contribution in [0.25, 0.3) is 11.3 Å². The van der Waals surface area contributed by atoms with Crippen molar-refractivity contribution in [2.45, 2.75) is 55.7 Å². The molecule has 5 rings (SSSR count). The second kappa shape index (κ2) is 12.5. The van der Waals surface area contributed by atoms with E-state index in [2.05, 4.69) is 20.6 Å². The van der Waals surface area contributed by atoms with Crippen molar-refractivity contribution in [3.63, 3.8) is 0 Å². The number of hydrogen-bond donors (Lipinski definition) is 2. The number of carbonyl (C=O) groups excluding carboxylic acids is 1. The highest BCUT2D eigenvalue weighted by Crippen LogP contribution is 2.39. The van der Waals surface area contributed by atoms with Crippen molar-refractivity contribution in [1.82, 2.24) is 15.3 Å². The Labute approximate surface area is 262 Å². The van der Waals surface area contributed by atoms with Gasteiger partial charge < -0.3 is 10.6 Å². The van der Waals surface area contributed by atoms with E-state index >= 15 is 0 Å². The molecule has 0 radical (unpaired) electrons. The number of hydrogen-bond acceptors (Lipinski definition) is 7. The van der Waals surface area contributed by atoms with Gasteiger partial charge in [0.15, 0.2) is 4.21 Å². The number of aromatic nitrogens is 2. The Morgan fingerprint density at radius 2 is 1.82 bits per heavy atom. The van der Waals surface area contributed by atoms with Crippen LogP contribution >= 0.6 is 22.9 Å². The van der Waals surface area contributed by atoms with E-state index in [9.17, 15) is 26.4 Å². The highest BCUT2D eigenvalue weighted by atomic mass is 35.5. The number of carbonyl (C=O) groups is 1. The van der Waals surface area contributed by atoms with Gasteiger partial charge in [-0.3, -0.25) is 4.98 Å². The molecule has 1 saturated heterocycles. The van der Waals surface area contributed by atoms with Crippen molar-refractivity contribution in [1.29, 1.82) is 0 Å². The van der Waals surface area contributed by atoms with E-state index in [0.29, 0.717) is 39.8 Å². The first kappa shape index (κ1) is 31.9. The van der Waals surface area contributed by atoms with Crippen molar-refractivity contribution < 1.29 is 30.3 Å². The van der Waals surface area contributed by atoms with Gasteiger partial charge in [-0.2, -0.15) is 21.6 Å². The minimum atomic E-state index is -4.48. The Morgan fingerprint density at radius 3 is 2.41 bits per heavy atom. The van der Waals surface area contributed by atoms with Crippen LogP contribution in [0.4, 0.5) is 23.8 Å². The van der Waals surface area contributed by atoms with Gasteiger partial charge in [-0.25, -0.2) is 9.78 Å². The summed E-state index contributed by atoms with van der Waals surface area (Å²) in [7, 11) is -4.12. The topological polar surface area (TPSA) is 101 Å². The van der Waals surface area contributed by atoms with Gasteiger partial charge in [-0.1, -0.05) is 23.7 Å². The number of alkyl halides is 3. The first-order valence-electron chi connectivity index (χ1n) is 13.8. The molecule has 0 bridgehead atoms. The molecule has 3 atom stereocenters. The maximum absolute atomic E-state index is 13.8. The Bertz CT molecular complexity index is 1750. The highest BCUT2D eigenvalue weighted by molar-refractivity contribution is 7.88. The molecule has 232 valence electrons. The minimum Gasteiger partial charge on any atom is -0.364 e. The molecule has 44 heavy (non-hydrogen) atoms. The van der Waals surface area contributed by atoms with E-state index < -0.39 is 37.7 Å². The summed E-state index contributed by atoms with van der Waals surface area (Å²) in [5.74, 6) is 0.426. The number of urea groups is 1. The number of halogens is 4. The lowest BCUT2D eigenvalue weighted by molar-refractivity contribution is -0.733. The third kappa shape index (κ3) is 6.32. The maximum Gasteiger partial charge on any atom is 0.432 e. The van der Waals surface area contributed by atoms with Crippen LogP contribution in [0, 0.1) is 0 Å². The van der Waals surface area contributed by atoms with Crippen LogP contribution in [0.2, 0.25) is 4.34 Å². The highest BCUT2D eigenvalue weighted by Gasteiger charge is 2.57. The van der Waals surface area contributed by atoms with Gasteiger partial charge in [0, 0.05) is 37.3 Å². The zero-order chi connectivity index (χ0) is 31.7. The molecule has 0 saturated carbocycles. The lowest BCUT2D eigenvalue weighted by Crippen LogP contribution is -2.62. The summed E-state index contributed by atoms with van der Waals surface area (Å²) in [6.45, 7) is 3.75. The van der Waals surface area contributed by atoms with Crippen molar-refractivity contribution >= 4 is 44.8 Å². The predicted molar refractivity (Wildman–Crippen MR) is 164 cm³/mol. The van der Waals surface area contributed by atoms with E-state index in [1.54, 1.807) is 31.5 Å². The molecule has 0 aliphatic carbocycles. The van der Waals surface area contributed by atoms with Crippen molar-refractivity contribution in [3.05, 3.63) is 94.1 Å². The molecule has 4 heterocycles. The lowest BCUT2D eigenvalue weighted by Gasteiger charge is -2.33. The SMILES string of the molecule is CC(Nc1cc(CNC(=O)[N+]2(S(=O)(=O)c3ccc(Cl)s3)CCC[C@H]2C)cc(-c2ccc(C(F)(F)F)cc2)n1)c1ccncc1. The predicted octanol–water partition coefficient (Wildman–Crippen LogP) is 7.65. The average molecular weight is 665 g/mol. The molecule has 1 aliphatic heterocycles. The van der Waals surface area contributed by atoms with Crippen LogP contribution in [0.1, 0.15) is 49.4 Å². The molecule has 1 aromatic carbocycles. The molecule has 2 unspecified atom stereocenters. The molecule has 8 nitrogen and oxygen atoms in total. The van der Waals surface area contributed by atoms with Gasteiger partial charge >= 0.3 is 22.2 Å². The Hall–Kier alpha value is -3.52. The van der Waals surface area contributed by atoms with E-state index in [0.717, 1.165) is 29.0 Å². The summed E-state index contributed by atoms with van der Waals surface area (Å²) in [6, 6.07) is 13.3. The molecule has 3 aromatic heterocycles. The largest absolute Gasteiger partial charge is 0.432 e. The van der Waals surface area contributed by atoms with Gasteiger partial charge in [0.2, 0.25) is 0 Å². The number of nitrogens with zero attached hydrogens (tertiary/aromatic N) is 3. The Balaban J connectivity index is 1.46. The summed E-state index contributed by atoms with van der Waals surface area (Å²) >= 11 is 6.95. The normalized spacial score (nSPS) is 19.5. The fourth-order valence-corrected chi connectivity index (χ4v) is 9.22. The van der Waals surface area contributed by atoms with Crippen LogP contribution in [-0.2, 0) is 22.7 Å². The molecular weight excluding hydrogens is 635 g/mol. The third-order valence-corrected chi connectivity index (χ3v) is 11.9. The van der Waals surface area contributed by atoms with Crippen LogP contribution in [0.3, 0.4) is 0 Å².